The molecule has 126 valence electrons. The van der Waals surface area contributed by atoms with Gasteiger partial charge in [-0.1, -0.05) is 12.8 Å². The summed E-state index contributed by atoms with van der Waals surface area (Å²) in [7, 11) is 0. The molecule has 0 atom stereocenters. The van der Waals surface area contributed by atoms with Crippen LogP contribution in [0.5, 0.6) is 0 Å². The van der Waals surface area contributed by atoms with Crippen LogP contribution < -0.4 is 5.32 Å². The van der Waals surface area contributed by atoms with Gasteiger partial charge in [0.1, 0.15) is 5.76 Å². The summed E-state index contributed by atoms with van der Waals surface area (Å²) in [5.41, 5.74) is 0.838. The number of carbonyl (C=O) groups excluding carboxylic acids is 2. The molecule has 1 N–H and O–H groups in total. The molecule has 6 nitrogen and oxygen atoms in total. The van der Waals surface area contributed by atoms with Crippen molar-refractivity contribution in [2.24, 2.45) is 0 Å². The number of amides is 2. The lowest BCUT2D eigenvalue weighted by Crippen LogP contribution is -2.32. The van der Waals surface area contributed by atoms with Crippen molar-refractivity contribution in [2.45, 2.75) is 32.2 Å². The average molecular weight is 327 g/mol. The van der Waals surface area contributed by atoms with Gasteiger partial charge in [-0.15, -0.1) is 0 Å². The number of furan rings is 1. The van der Waals surface area contributed by atoms with E-state index in [0.29, 0.717) is 23.4 Å². The molecular formula is C18H21N3O3. The SMILES string of the molecule is O=C(NCc1ccco1)c1cncc(C(=O)N2CCCCCC2)c1. The minimum absolute atomic E-state index is 0.0508. The molecule has 0 aliphatic carbocycles. The Hall–Kier alpha value is -2.63. The van der Waals surface area contributed by atoms with Crippen molar-refractivity contribution < 1.29 is 14.0 Å². The molecule has 1 fully saturated rings. The third-order valence-electron chi connectivity index (χ3n) is 4.14. The van der Waals surface area contributed by atoms with Gasteiger partial charge in [0.2, 0.25) is 0 Å². The van der Waals surface area contributed by atoms with Crippen LogP contribution in [0.4, 0.5) is 0 Å². The molecular weight excluding hydrogens is 306 g/mol. The fourth-order valence-corrected chi connectivity index (χ4v) is 2.82. The Balaban J connectivity index is 1.66. The fourth-order valence-electron chi connectivity index (χ4n) is 2.82. The van der Waals surface area contributed by atoms with E-state index in [2.05, 4.69) is 10.3 Å². The quantitative estimate of drug-likeness (QED) is 0.936. The zero-order valence-corrected chi connectivity index (χ0v) is 13.5. The first-order chi connectivity index (χ1) is 11.7. The van der Waals surface area contributed by atoms with E-state index in [1.807, 2.05) is 4.90 Å². The van der Waals surface area contributed by atoms with Gasteiger partial charge in [0, 0.05) is 25.5 Å². The number of likely N-dealkylation sites (tertiary alicyclic amines) is 1. The Bertz CT molecular complexity index is 689. The molecule has 24 heavy (non-hydrogen) atoms. The predicted molar refractivity (Wildman–Crippen MR) is 88.5 cm³/mol. The highest BCUT2D eigenvalue weighted by molar-refractivity contribution is 5.99. The molecule has 3 rings (SSSR count). The van der Waals surface area contributed by atoms with E-state index >= 15 is 0 Å². The lowest BCUT2D eigenvalue weighted by Gasteiger charge is -2.20. The first-order valence-electron chi connectivity index (χ1n) is 8.29. The molecule has 0 spiro atoms. The van der Waals surface area contributed by atoms with E-state index in [1.165, 1.54) is 12.4 Å². The van der Waals surface area contributed by atoms with Gasteiger partial charge in [0.05, 0.1) is 23.9 Å². The van der Waals surface area contributed by atoms with Gasteiger partial charge < -0.3 is 14.6 Å². The van der Waals surface area contributed by atoms with Crippen LogP contribution in [0.25, 0.3) is 0 Å². The second-order valence-electron chi connectivity index (χ2n) is 5.93. The average Bonchev–Trinajstić information content (AvgIpc) is 2.99. The van der Waals surface area contributed by atoms with Crippen molar-refractivity contribution in [1.82, 2.24) is 15.2 Å². The van der Waals surface area contributed by atoms with E-state index in [-0.39, 0.29) is 11.8 Å². The minimum Gasteiger partial charge on any atom is -0.467 e. The standard InChI is InChI=1S/C18H21N3O3/c22-17(20-13-16-6-5-9-24-16)14-10-15(12-19-11-14)18(23)21-7-3-1-2-4-8-21/h5-6,9-12H,1-4,7-8,13H2,(H,20,22). The Morgan fingerprint density at radius 1 is 1.12 bits per heavy atom. The van der Waals surface area contributed by atoms with E-state index in [9.17, 15) is 9.59 Å². The van der Waals surface area contributed by atoms with Gasteiger partial charge in [-0.05, 0) is 31.0 Å². The molecule has 0 aromatic carbocycles. The fraction of sp³-hybridized carbons (Fsp3) is 0.389. The topological polar surface area (TPSA) is 75.4 Å². The van der Waals surface area contributed by atoms with Crippen molar-refractivity contribution in [2.75, 3.05) is 13.1 Å². The van der Waals surface area contributed by atoms with Gasteiger partial charge in [-0.25, -0.2) is 0 Å². The van der Waals surface area contributed by atoms with Crippen molar-refractivity contribution in [3.8, 4) is 0 Å². The summed E-state index contributed by atoms with van der Waals surface area (Å²) < 4.78 is 5.18. The predicted octanol–water partition coefficient (Wildman–Crippen LogP) is 2.62. The minimum atomic E-state index is -0.274. The zero-order chi connectivity index (χ0) is 16.8. The second-order valence-corrected chi connectivity index (χ2v) is 5.93. The van der Waals surface area contributed by atoms with E-state index in [0.717, 1.165) is 38.8 Å². The Labute approximate surface area is 140 Å². The number of pyridine rings is 1. The summed E-state index contributed by atoms with van der Waals surface area (Å²) in [6.45, 7) is 1.84. The molecule has 3 heterocycles. The molecule has 6 heteroatoms. The summed E-state index contributed by atoms with van der Waals surface area (Å²) in [6.07, 6.45) is 8.94. The third-order valence-corrected chi connectivity index (χ3v) is 4.14. The van der Waals surface area contributed by atoms with Crippen LogP contribution in [0.2, 0.25) is 0 Å². The van der Waals surface area contributed by atoms with Crippen LogP contribution in [-0.2, 0) is 6.54 Å². The number of carbonyl (C=O) groups is 2. The number of hydrogen-bond acceptors (Lipinski definition) is 4. The summed E-state index contributed by atoms with van der Waals surface area (Å²) in [5, 5.41) is 2.76. The molecule has 2 amide bonds. The molecule has 1 aliphatic rings. The van der Waals surface area contributed by atoms with Crippen molar-refractivity contribution in [3.05, 3.63) is 53.7 Å². The van der Waals surface area contributed by atoms with Crippen LogP contribution in [0.15, 0.2) is 41.3 Å². The monoisotopic (exact) mass is 327 g/mol. The molecule has 2 aromatic heterocycles. The largest absolute Gasteiger partial charge is 0.467 e. The van der Waals surface area contributed by atoms with Crippen LogP contribution in [0.1, 0.15) is 52.2 Å². The lowest BCUT2D eigenvalue weighted by atomic mass is 10.1. The van der Waals surface area contributed by atoms with Crippen LogP contribution in [0, 0.1) is 0 Å². The van der Waals surface area contributed by atoms with E-state index in [1.54, 1.807) is 24.5 Å². The number of rotatable bonds is 4. The van der Waals surface area contributed by atoms with Crippen LogP contribution in [0.3, 0.4) is 0 Å². The zero-order valence-electron chi connectivity index (χ0n) is 13.5. The highest BCUT2D eigenvalue weighted by Gasteiger charge is 2.19. The van der Waals surface area contributed by atoms with Crippen LogP contribution in [-0.4, -0.2) is 34.8 Å². The summed E-state index contributed by atoms with van der Waals surface area (Å²) in [5.74, 6) is 0.350. The molecule has 2 aromatic rings. The summed E-state index contributed by atoms with van der Waals surface area (Å²) in [6, 6.07) is 5.17. The molecule has 0 saturated carbocycles. The smallest absolute Gasteiger partial charge is 0.255 e. The maximum Gasteiger partial charge on any atom is 0.255 e. The van der Waals surface area contributed by atoms with Gasteiger partial charge in [0.25, 0.3) is 11.8 Å². The molecule has 0 radical (unpaired) electrons. The van der Waals surface area contributed by atoms with Crippen molar-refractivity contribution >= 4 is 11.8 Å². The van der Waals surface area contributed by atoms with Gasteiger partial charge >= 0.3 is 0 Å². The Morgan fingerprint density at radius 2 is 1.88 bits per heavy atom. The summed E-state index contributed by atoms with van der Waals surface area (Å²) >= 11 is 0. The van der Waals surface area contributed by atoms with Gasteiger partial charge in [-0.2, -0.15) is 0 Å². The number of hydrogen-bond donors (Lipinski definition) is 1. The van der Waals surface area contributed by atoms with Crippen molar-refractivity contribution in [3.63, 3.8) is 0 Å². The highest BCUT2D eigenvalue weighted by atomic mass is 16.3. The number of nitrogens with zero attached hydrogens (tertiary/aromatic N) is 2. The molecule has 0 bridgehead atoms. The van der Waals surface area contributed by atoms with E-state index < -0.39 is 0 Å². The summed E-state index contributed by atoms with van der Waals surface area (Å²) in [4.78, 5) is 30.8. The maximum absolute atomic E-state index is 12.6. The molecule has 0 unspecified atom stereocenters. The van der Waals surface area contributed by atoms with Crippen molar-refractivity contribution in [1.29, 1.82) is 0 Å². The van der Waals surface area contributed by atoms with E-state index in [4.69, 9.17) is 4.42 Å². The first kappa shape index (κ1) is 16.2. The van der Waals surface area contributed by atoms with Gasteiger partial charge in [0.15, 0.2) is 0 Å². The van der Waals surface area contributed by atoms with Gasteiger partial charge in [-0.3, -0.25) is 14.6 Å². The lowest BCUT2D eigenvalue weighted by molar-refractivity contribution is 0.0761. The normalized spacial score (nSPS) is 14.9. The maximum atomic E-state index is 12.6. The number of nitrogens with one attached hydrogen (secondary N) is 1. The third kappa shape index (κ3) is 4.01. The Kier molecular flexibility index (Phi) is 5.25. The molecule has 1 saturated heterocycles. The Morgan fingerprint density at radius 3 is 2.58 bits per heavy atom. The number of aromatic nitrogens is 1. The second kappa shape index (κ2) is 7.77. The molecule has 1 aliphatic heterocycles. The highest BCUT2D eigenvalue weighted by Crippen LogP contribution is 2.14. The first-order valence-corrected chi connectivity index (χ1v) is 8.29. The van der Waals surface area contributed by atoms with Crippen LogP contribution >= 0.6 is 0 Å².